The molecule has 0 heterocycles. The van der Waals surface area contributed by atoms with Crippen molar-refractivity contribution < 1.29 is 23.1 Å². The first-order chi connectivity index (χ1) is 11.5. The molecule has 132 valence electrons. The van der Waals surface area contributed by atoms with E-state index in [9.17, 15) is 18.4 Å². The van der Waals surface area contributed by atoms with Gasteiger partial charge in [0.2, 0.25) is 0 Å². The molecule has 1 amide bonds. The van der Waals surface area contributed by atoms with E-state index in [0.29, 0.717) is 10.6 Å². The minimum Gasteiger partial charge on any atom is -0.456 e. The second kappa shape index (κ2) is 9.61. The van der Waals surface area contributed by atoms with Crippen molar-refractivity contribution in [1.82, 2.24) is 5.32 Å². The summed E-state index contributed by atoms with van der Waals surface area (Å²) < 4.78 is 30.8. The molecule has 0 radical (unpaired) electrons. The van der Waals surface area contributed by atoms with Crippen LogP contribution in [0.5, 0.6) is 0 Å². The number of hydrogen-bond acceptors (Lipinski definition) is 4. The van der Waals surface area contributed by atoms with Crippen LogP contribution in [0.15, 0.2) is 23.1 Å². The van der Waals surface area contributed by atoms with E-state index in [2.05, 4.69) is 5.32 Å². The third kappa shape index (κ3) is 6.47. The van der Waals surface area contributed by atoms with Crippen LogP contribution in [0.3, 0.4) is 0 Å². The molecular weight excluding hydrogens is 336 g/mol. The van der Waals surface area contributed by atoms with Crippen molar-refractivity contribution in [2.24, 2.45) is 0 Å². The Labute approximate surface area is 144 Å². The Balaban J connectivity index is 1.60. The molecule has 4 nitrogen and oxygen atoms in total. The monoisotopic (exact) mass is 357 g/mol. The number of rotatable bonds is 7. The zero-order valence-electron chi connectivity index (χ0n) is 13.4. The highest BCUT2D eigenvalue weighted by atomic mass is 32.2. The fourth-order valence-corrected chi connectivity index (χ4v) is 3.41. The molecule has 1 aliphatic carbocycles. The van der Waals surface area contributed by atoms with Crippen LogP contribution in [0.4, 0.5) is 8.78 Å². The highest BCUT2D eigenvalue weighted by Crippen LogP contribution is 2.21. The summed E-state index contributed by atoms with van der Waals surface area (Å²) in [5.41, 5.74) is 0. The van der Waals surface area contributed by atoms with Crippen LogP contribution in [-0.2, 0) is 14.3 Å². The van der Waals surface area contributed by atoms with Crippen molar-refractivity contribution in [1.29, 1.82) is 0 Å². The first-order valence-electron chi connectivity index (χ1n) is 8.07. The second-order valence-electron chi connectivity index (χ2n) is 5.74. The lowest BCUT2D eigenvalue weighted by Gasteiger charge is -2.22. The Morgan fingerprint density at radius 3 is 2.62 bits per heavy atom. The maximum absolute atomic E-state index is 13.0. The zero-order valence-corrected chi connectivity index (χ0v) is 14.2. The van der Waals surface area contributed by atoms with Crippen LogP contribution in [0, 0.1) is 11.6 Å². The topological polar surface area (TPSA) is 55.4 Å². The van der Waals surface area contributed by atoms with Gasteiger partial charge in [-0.1, -0.05) is 19.3 Å². The van der Waals surface area contributed by atoms with E-state index in [4.69, 9.17) is 4.74 Å². The Bertz CT molecular complexity index is 577. The van der Waals surface area contributed by atoms with Crippen molar-refractivity contribution in [3.05, 3.63) is 29.8 Å². The number of amides is 1. The van der Waals surface area contributed by atoms with Crippen LogP contribution in [0.2, 0.25) is 0 Å². The molecule has 0 spiro atoms. The van der Waals surface area contributed by atoms with E-state index in [1.165, 1.54) is 24.2 Å². The normalized spacial score (nSPS) is 15.1. The molecule has 2 rings (SSSR count). The minimum atomic E-state index is -0.915. The van der Waals surface area contributed by atoms with Gasteiger partial charge in [-0.25, -0.2) is 8.78 Å². The molecule has 0 aromatic heterocycles. The number of halogens is 2. The van der Waals surface area contributed by atoms with Gasteiger partial charge in [0.1, 0.15) is 0 Å². The molecule has 1 saturated carbocycles. The quantitative estimate of drug-likeness (QED) is 0.600. The number of carbonyl (C=O) groups excluding carboxylic acids is 2. The summed E-state index contributed by atoms with van der Waals surface area (Å²) in [7, 11) is 0. The van der Waals surface area contributed by atoms with Gasteiger partial charge in [0.05, 0.1) is 6.42 Å². The number of carbonyl (C=O) groups is 2. The molecule has 1 aromatic rings. The van der Waals surface area contributed by atoms with E-state index in [1.54, 1.807) is 0 Å². The van der Waals surface area contributed by atoms with Gasteiger partial charge in [-0.3, -0.25) is 9.59 Å². The van der Waals surface area contributed by atoms with Crippen LogP contribution in [0.25, 0.3) is 0 Å². The number of esters is 1. The van der Waals surface area contributed by atoms with E-state index in [1.807, 2.05) is 0 Å². The minimum absolute atomic E-state index is 0.0976. The van der Waals surface area contributed by atoms with Gasteiger partial charge in [0, 0.05) is 16.7 Å². The molecule has 1 aromatic carbocycles. The molecule has 1 fully saturated rings. The van der Waals surface area contributed by atoms with E-state index in [0.717, 1.165) is 37.8 Å². The highest BCUT2D eigenvalue weighted by Gasteiger charge is 2.16. The molecule has 0 atom stereocenters. The Hall–Kier alpha value is -1.63. The molecule has 7 heteroatoms. The zero-order chi connectivity index (χ0) is 17.4. The first kappa shape index (κ1) is 18.7. The van der Waals surface area contributed by atoms with Gasteiger partial charge >= 0.3 is 5.97 Å². The van der Waals surface area contributed by atoms with Gasteiger partial charge in [0.15, 0.2) is 18.2 Å². The van der Waals surface area contributed by atoms with E-state index < -0.39 is 17.6 Å². The predicted molar refractivity (Wildman–Crippen MR) is 87.7 cm³/mol. The first-order valence-corrected chi connectivity index (χ1v) is 9.06. The molecular formula is C17H21F2NO3S. The number of hydrogen-bond donors (Lipinski definition) is 1. The fraction of sp³-hybridized carbons (Fsp3) is 0.529. The summed E-state index contributed by atoms with van der Waals surface area (Å²) in [6, 6.07) is 3.77. The molecule has 1 aliphatic rings. The van der Waals surface area contributed by atoms with Gasteiger partial charge in [-0.05, 0) is 31.0 Å². The number of ether oxygens (including phenoxy) is 1. The van der Waals surface area contributed by atoms with Gasteiger partial charge in [0.25, 0.3) is 5.91 Å². The summed E-state index contributed by atoms with van der Waals surface area (Å²) in [6.45, 7) is -0.273. The molecule has 0 bridgehead atoms. The summed E-state index contributed by atoms with van der Waals surface area (Å²) in [5, 5.41) is 2.87. The smallest absolute Gasteiger partial charge is 0.307 e. The maximum atomic E-state index is 13.0. The average molecular weight is 357 g/mol. The van der Waals surface area contributed by atoms with Crippen LogP contribution >= 0.6 is 11.8 Å². The average Bonchev–Trinajstić information content (AvgIpc) is 2.57. The third-order valence-corrected chi connectivity index (χ3v) is 4.80. The lowest BCUT2D eigenvalue weighted by Crippen LogP contribution is -2.38. The van der Waals surface area contributed by atoms with Gasteiger partial charge in [-0.2, -0.15) is 0 Å². The maximum Gasteiger partial charge on any atom is 0.307 e. The molecule has 24 heavy (non-hydrogen) atoms. The van der Waals surface area contributed by atoms with Crippen molar-refractivity contribution >= 4 is 23.6 Å². The number of nitrogens with one attached hydrogen (secondary N) is 1. The van der Waals surface area contributed by atoms with E-state index in [-0.39, 0.29) is 25.0 Å². The van der Waals surface area contributed by atoms with Crippen molar-refractivity contribution in [3.63, 3.8) is 0 Å². The highest BCUT2D eigenvalue weighted by molar-refractivity contribution is 7.99. The Morgan fingerprint density at radius 1 is 1.17 bits per heavy atom. The molecule has 0 unspecified atom stereocenters. The lowest BCUT2D eigenvalue weighted by molar-refractivity contribution is -0.148. The fourth-order valence-electron chi connectivity index (χ4n) is 2.55. The summed E-state index contributed by atoms with van der Waals surface area (Å²) >= 11 is 1.23. The van der Waals surface area contributed by atoms with Crippen molar-refractivity contribution in [2.75, 3.05) is 12.4 Å². The summed E-state index contributed by atoms with van der Waals surface area (Å²) in [4.78, 5) is 23.8. The van der Waals surface area contributed by atoms with Gasteiger partial charge < -0.3 is 10.1 Å². The molecule has 0 saturated heterocycles. The summed E-state index contributed by atoms with van der Waals surface area (Å²) in [5.74, 6) is -2.20. The van der Waals surface area contributed by atoms with Gasteiger partial charge in [-0.15, -0.1) is 11.8 Å². The molecule has 0 aliphatic heterocycles. The third-order valence-electron chi connectivity index (χ3n) is 3.80. The number of benzene rings is 1. The largest absolute Gasteiger partial charge is 0.456 e. The van der Waals surface area contributed by atoms with E-state index >= 15 is 0 Å². The van der Waals surface area contributed by atoms with Crippen LogP contribution in [-0.4, -0.2) is 30.3 Å². The predicted octanol–water partition coefficient (Wildman–Crippen LogP) is 3.44. The molecule has 1 N–H and O–H groups in total. The summed E-state index contributed by atoms with van der Waals surface area (Å²) in [6.07, 6.45) is 5.49. The lowest BCUT2D eigenvalue weighted by atomic mass is 9.95. The Morgan fingerprint density at radius 2 is 1.92 bits per heavy atom. The SMILES string of the molecule is O=C(COC(=O)CCSc1ccc(F)c(F)c1)NC1CCCCC1. The Kier molecular flexibility index (Phi) is 7.49. The second-order valence-corrected chi connectivity index (χ2v) is 6.91. The van der Waals surface area contributed by atoms with Crippen molar-refractivity contribution in [2.45, 2.75) is 49.5 Å². The van der Waals surface area contributed by atoms with Crippen LogP contribution < -0.4 is 5.32 Å². The standard InChI is InChI=1S/C17H21F2NO3S/c18-14-7-6-13(10-15(14)19)24-9-8-17(22)23-11-16(21)20-12-4-2-1-3-5-12/h6-7,10,12H,1-5,8-9,11H2,(H,20,21). The van der Waals surface area contributed by atoms with Crippen molar-refractivity contribution in [3.8, 4) is 0 Å². The van der Waals surface area contributed by atoms with Crippen LogP contribution in [0.1, 0.15) is 38.5 Å². The number of thioether (sulfide) groups is 1.